The van der Waals surface area contributed by atoms with Crippen LogP contribution >= 0.6 is 0 Å². The SMILES string of the molecule is CC(C)(N)C(=O)NCCc1ccc(OCc2ccccc2)cc1. The molecule has 23 heavy (non-hydrogen) atoms. The maximum Gasteiger partial charge on any atom is 0.239 e. The van der Waals surface area contributed by atoms with Crippen LogP contribution in [0.1, 0.15) is 25.0 Å². The van der Waals surface area contributed by atoms with Gasteiger partial charge in [-0.2, -0.15) is 0 Å². The molecule has 4 nitrogen and oxygen atoms in total. The molecule has 3 N–H and O–H groups in total. The lowest BCUT2D eigenvalue weighted by Crippen LogP contribution is -2.49. The predicted molar refractivity (Wildman–Crippen MR) is 92.2 cm³/mol. The fourth-order valence-corrected chi connectivity index (χ4v) is 2.04. The van der Waals surface area contributed by atoms with Crippen LogP contribution in [0.15, 0.2) is 54.6 Å². The van der Waals surface area contributed by atoms with Crippen molar-refractivity contribution in [2.45, 2.75) is 32.4 Å². The Morgan fingerprint density at radius 1 is 1.04 bits per heavy atom. The molecule has 0 saturated heterocycles. The fourth-order valence-electron chi connectivity index (χ4n) is 2.04. The van der Waals surface area contributed by atoms with Crippen molar-refractivity contribution in [2.24, 2.45) is 5.73 Å². The Balaban J connectivity index is 1.77. The highest BCUT2D eigenvalue weighted by molar-refractivity contribution is 5.84. The minimum Gasteiger partial charge on any atom is -0.489 e. The van der Waals surface area contributed by atoms with Crippen molar-refractivity contribution in [3.05, 3.63) is 65.7 Å². The standard InChI is InChI=1S/C19H24N2O2/c1-19(2,20)18(22)21-13-12-15-8-10-17(11-9-15)23-14-16-6-4-3-5-7-16/h3-11H,12-14,20H2,1-2H3,(H,21,22). The Hall–Kier alpha value is -2.33. The molecule has 0 aliphatic heterocycles. The lowest BCUT2D eigenvalue weighted by molar-refractivity contribution is -0.125. The van der Waals surface area contributed by atoms with Gasteiger partial charge in [0, 0.05) is 6.54 Å². The number of nitrogens with two attached hydrogens (primary N) is 1. The molecule has 0 radical (unpaired) electrons. The molecule has 0 spiro atoms. The first-order chi connectivity index (χ1) is 10.9. The normalized spacial score (nSPS) is 11.1. The minimum atomic E-state index is -0.838. The first-order valence-electron chi connectivity index (χ1n) is 7.78. The van der Waals surface area contributed by atoms with E-state index in [2.05, 4.69) is 5.32 Å². The van der Waals surface area contributed by atoms with Gasteiger partial charge in [0.2, 0.25) is 5.91 Å². The molecule has 0 heterocycles. The molecule has 4 heteroatoms. The summed E-state index contributed by atoms with van der Waals surface area (Å²) in [6.45, 7) is 4.52. The van der Waals surface area contributed by atoms with Gasteiger partial charge in [-0.15, -0.1) is 0 Å². The van der Waals surface area contributed by atoms with Crippen LogP contribution in [0.3, 0.4) is 0 Å². The van der Waals surface area contributed by atoms with E-state index in [0.29, 0.717) is 13.2 Å². The molecule has 0 bridgehead atoms. The predicted octanol–water partition coefficient (Wildman–Crippen LogP) is 2.66. The zero-order valence-corrected chi connectivity index (χ0v) is 13.7. The Bertz CT molecular complexity index is 616. The van der Waals surface area contributed by atoms with Gasteiger partial charge in [-0.1, -0.05) is 42.5 Å². The summed E-state index contributed by atoms with van der Waals surface area (Å²) >= 11 is 0. The molecule has 1 amide bonds. The fraction of sp³-hybridized carbons (Fsp3) is 0.316. The lowest BCUT2D eigenvalue weighted by Gasteiger charge is -2.17. The van der Waals surface area contributed by atoms with Gasteiger partial charge in [0.15, 0.2) is 0 Å². The largest absolute Gasteiger partial charge is 0.489 e. The Morgan fingerprint density at radius 3 is 2.30 bits per heavy atom. The third kappa shape index (κ3) is 5.75. The van der Waals surface area contributed by atoms with E-state index in [1.165, 1.54) is 0 Å². The maximum atomic E-state index is 11.7. The molecule has 0 aliphatic rings. The van der Waals surface area contributed by atoms with Gasteiger partial charge in [0.1, 0.15) is 12.4 Å². The number of carbonyl (C=O) groups is 1. The second kappa shape index (κ2) is 7.79. The molecular weight excluding hydrogens is 288 g/mol. The van der Waals surface area contributed by atoms with Crippen LogP contribution in [-0.4, -0.2) is 18.0 Å². The number of hydrogen-bond acceptors (Lipinski definition) is 3. The summed E-state index contributed by atoms with van der Waals surface area (Å²) in [5, 5.41) is 2.84. The third-order valence-electron chi connectivity index (χ3n) is 3.46. The maximum absolute atomic E-state index is 11.7. The average molecular weight is 312 g/mol. The Labute approximate surface area is 137 Å². The van der Waals surface area contributed by atoms with E-state index >= 15 is 0 Å². The van der Waals surface area contributed by atoms with Crippen LogP contribution in [0.4, 0.5) is 0 Å². The first-order valence-corrected chi connectivity index (χ1v) is 7.78. The van der Waals surface area contributed by atoms with Gasteiger partial charge in [0.05, 0.1) is 5.54 Å². The van der Waals surface area contributed by atoms with Crippen molar-refractivity contribution in [1.82, 2.24) is 5.32 Å². The molecule has 0 unspecified atom stereocenters. The average Bonchev–Trinajstić information content (AvgIpc) is 2.54. The monoisotopic (exact) mass is 312 g/mol. The van der Waals surface area contributed by atoms with E-state index in [1.807, 2.05) is 54.6 Å². The van der Waals surface area contributed by atoms with Crippen LogP contribution in [-0.2, 0) is 17.8 Å². The van der Waals surface area contributed by atoms with Crippen molar-refractivity contribution in [1.29, 1.82) is 0 Å². The summed E-state index contributed by atoms with van der Waals surface area (Å²) in [5.41, 5.74) is 7.18. The molecule has 2 aromatic carbocycles. The molecule has 0 aliphatic carbocycles. The van der Waals surface area contributed by atoms with Crippen LogP contribution in [0, 0.1) is 0 Å². The van der Waals surface area contributed by atoms with Crippen molar-refractivity contribution in [2.75, 3.05) is 6.54 Å². The second-order valence-corrected chi connectivity index (χ2v) is 6.15. The smallest absolute Gasteiger partial charge is 0.239 e. The Morgan fingerprint density at radius 2 is 1.70 bits per heavy atom. The van der Waals surface area contributed by atoms with E-state index in [0.717, 1.165) is 23.3 Å². The molecule has 2 rings (SSSR count). The number of hydrogen-bond donors (Lipinski definition) is 2. The quantitative estimate of drug-likeness (QED) is 0.826. The summed E-state index contributed by atoms with van der Waals surface area (Å²) in [6, 6.07) is 18.0. The molecule has 2 aromatic rings. The number of benzene rings is 2. The van der Waals surface area contributed by atoms with Gasteiger partial charge in [-0.05, 0) is 43.5 Å². The summed E-state index contributed by atoms with van der Waals surface area (Å²) in [4.78, 5) is 11.7. The molecule has 0 aromatic heterocycles. The number of rotatable bonds is 7. The summed E-state index contributed by atoms with van der Waals surface area (Å²) in [7, 11) is 0. The van der Waals surface area contributed by atoms with E-state index < -0.39 is 5.54 Å². The first kappa shape index (κ1) is 17.0. The van der Waals surface area contributed by atoms with Crippen molar-refractivity contribution >= 4 is 5.91 Å². The molecule has 0 fully saturated rings. The summed E-state index contributed by atoms with van der Waals surface area (Å²) in [5.74, 6) is 0.699. The summed E-state index contributed by atoms with van der Waals surface area (Å²) < 4.78 is 5.75. The number of nitrogens with one attached hydrogen (secondary N) is 1. The van der Waals surface area contributed by atoms with Crippen molar-refractivity contribution in [3.63, 3.8) is 0 Å². The van der Waals surface area contributed by atoms with Crippen LogP contribution in [0.2, 0.25) is 0 Å². The van der Waals surface area contributed by atoms with Gasteiger partial charge in [0.25, 0.3) is 0 Å². The van der Waals surface area contributed by atoms with Gasteiger partial charge in [-0.25, -0.2) is 0 Å². The number of amides is 1. The number of ether oxygens (including phenoxy) is 1. The van der Waals surface area contributed by atoms with E-state index in [-0.39, 0.29) is 5.91 Å². The van der Waals surface area contributed by atoms with Gasteiger partial charge >= 0.3 is 0 Å². The molecule has 0 atom stereocenters. The van der Waals surface area contributed by atoms with Crippen LogP contribution in [0.5, 0.6) is 5.75 Å². The van der Waals surface area contributed by atoms with Gasteiger partial charge < -0.3 is 15.8 Å². The van der Waals surface area contributed by atoms with E-state index in [4.69, 9.17) is 10.5 Å². The molecule has 122 valence electrons. The lowest BCUT2D eigenvalue weighted by atomic mass is 10.1. The van der Waals surface area contributed by atoms with Crippen LogP contribution < -0.4 is 15.8 Å². The van der Waals surface area contributed by atoms with E-state index in [9.17, 15) is 4.79 Å². The Kier molecular flexibility index (Phi) is 5.77. The minimum absolute atomic E-state index is 0.139. The van der Waals surface area contributed by atoms with Crippen LogP contribution in [0.25, 0.3) is 0 Å². The topological polar surface area (TPSA) is 64.4 Å². The molecular formula is C19H24N2O2. The highest BCUT2D eigenvalue weighted by Crippen LogP contribution is 2.14. The zero-order valence-electron chi connectivity index (χ0n) is 13.7. The van der Waals surface area contributed by atoms with Gasteiger partial charge in [-0.3, -0.25) is 4.79 Å². The van der Waals surface area contributed by atoms with E-state index in [1.54, 1.807) is 13.8 Å². The number of carbonyl (C=O) groups excluding carboxylic acids is 1. The third-order valence-corrected chi connectivity index (χ3v) is 3.46. The van der Waals surface area contributed by atoms with Crippen molar-refractivity contribution in [3.8, 4) is 5.75 Å². The zero-order chi connectivity index (χ0) is 16.7. The second-order valence-electron chi connectivity index (χ2n) is 6.15. The highest BCUT2D eigenvalue weighted by atomic mass is 16.5. The summed E-state index contributed by atoms with van der Waals surface area (Å²) in [6.07, 6.45) is 0.765. The molecule has 0 saturated carbocycles. The van der Waals surface area contributed by atoms with Crippen molar-refractivity contribution < 1.29 is 9.53 Å². The highest BCUT2D eigenvalue weighted by Gasteiger charge is 2.20.